The summed E-state index contributed by atoms with van der Waals surface area (Å²) in [5.74, 6) is -0.856. The number of ketones is 1. The van der Waals surface area contributed by atoms with Gasteiger partial charge in [0.05, 0.1) is 11.3 Å². The van der Waals surface area contributed by atoms with E-state index in [0.717, 1.165) is 11.3 Å². The number of amides is 1. The molecule has 114 valence electrons. The van der Waals surface area contributed by atoms with E-state index in [1.807, 2.05) is 42.6 Å². The van der Waals surface area contributed by atoms with E-state index in [1.54, 1.807) is 19.9 Å². The van der Waals surface area contributed by atoms with Crippen LogP contribution in [-0.4, -0.2) is 16.7 Å². The summed E-state index contributed by atoms with van der Waals surface area (Å²) in [5.41, 5.74) is 1.80. The number of hydrogen-bond acceptors (Lipinski definition) is 4. The number of benzene rings is 1. The molecule has 2 aromatic rings. The third-order valence-electron chi connectivity index (χ3n) is 2.98. The number of aromatic nitrogens is 1. The van der Waals surface area contributed by atoms with Gasteiger partial charge in [-0.1, -0.05) is 44.2 Å². The first-order chi connectivity index (χ1) is 10.5. The molecule has 0 spiro atoms. The van der Waals surface area contributed by atoms with Gasteiger partial charge in [-0.2, -0.15) is 0 Å². The van der Waals surface area contributed by atoms with Gasteiger partial charge >= 0.3 is 0 Å². The van der Waals surface area contributed by atoms with E-state index in [-0.39, 0.29) is 17.3 Å². The SMILES string of the molecule is Cc1csc(NC(=O)/C(=C/c2ccccc2)C(=O)C(C)C)n1. The molecule has 0 saturated carbocycles. The Kier molecular flexibility index (Phi) is 5.22. The average Bonchev–Trinajstić information content (AvgIpc) is 2.90. The molecule has 4 nitrogen and oxygen atoms in total. The Labute approximate surface area is 133 Å². The number of nitrogens with one attached hydrogen (secondary N) is 1. The van der Waals surface area contributed by atoms with Crippen LogP contribution in [0.15, 0.2) is 41.3 Å². The van der Waals surface area contributed by atoms with E-state index in [4.69, 9.17) is 0 Å². The molecule has 0 aliphatic heterocycles. The monoisotopic (exact) mass is 314 g/mol. The number of thiazole rings is 1. The van der Waals surface area contributed by atoms with Crippen molar-refractivity contribution in [2.45, 2.75) is 20.8 Å². The average molecular weight is 314 g/mol. The molecule has 1 aromatic heterocycles. The second-order valence-electron chi connectivity index (χ2n) is 5.24. The van der Waals surface area contributed by atoms with Crippen LogP contribution in [-0.2, 0) is 9.59 Å². The van der Waals surface area contributed by atoms with Crippen LogP contribution in [0.1, 0.15) is 25.1 Å². The standard InChI is InChI=1S/C17H18N2O2S/c1-11(2)15(20)14(9-13-7-5-4-6-8-13)16(21)19-17-18-12(3)10-22-17/h4-11H,1-3H3,(H,18,19,21)/b14-9+. The summed E-state index contributed by atoms with van der Waals surface area (Å²) in [7, 11) is 0. The molecule has 0 bridgehead atoms. The molecule has 2 rings (SSSR count). The van der Waals surface area contributed by atoms with Crippen LogP contribution in [0.2, 0.25) is 0 Å². The van der Waals surface area contributed by atoms with Crippen molar-refractivity contribution in [3.05, 3.63) is 52.5 Å². The Balaban J connectivity index is 2.30. The van der Waals surface area contributed by atoms with Crippen LogP contribution in [0, 0.1) is 12.8 Å². The van der Waals surface area contributed by atoms with Gasteiger partial charge in [-0.05, 0) is 18.6 Å². The maximum absolute atomic E-state index is 12.4. The first-order valence-electron chi connectivity index (χ1n) is 7.02. The molecule has 0 radical (unpaired) electrons. The number of carbonyl (C=O) groups excluding carboxylic acids is 2. The number of aryl methyl sites for hydroxylation is 1. The molecule has 5 heteroatoms. The van der Waals surface area contributed by atoms with Gasteiger partial charge in [-0.25, -0.2) is 4.98 Å². The molecule has 1 heterocycles. The molecular formula is C17H18N2O2S. The number of carbonyl (C=O) groups is 2. The van der Waals surface area contributed by atoms with Crippen molar-refractivity contribution in [2.75, 3.05) is 5.32 Å². The Morgan fingerprint density at radius 1 is 1.23 bits per heavy atom. The summed E-state index contributed by atoms with van der Waals surface area (Å²) in [6, 6.07) is 9.33. The zero-order valence-corrected chi connectivity index (χ0v) is 13.6. The summed E-state index contributed by atoms with van der Waals surface area (Å²) in [5, 5.41) is 5.04. The topological polar surface area (TPSA) is 59.1 Å². The second kappa shape index (κ2) is 7.13. The van der Waals surface area contributed by atoms with Crippen molar-refractivity contribution in [3.63, 3.8) is 0 Å². The lowest BCUT2D eigenvalue weighted by Gasteiger charge is -2.09. The van der Waals surface area contributed by atoms with E-state index in [1.165, 1.54) is 11.3 Å². The van der Waals surface area contributed by atoms with Gasteiger partial charge in [0.25, 0.3) is 5.91 Å². The van der Waals surface area contributed by atoms with E-state index in [2.05, 4.69) is 10.3 Å². The third kappa shape index (κ3) is 4.11. The highest BCUT2D eigenvalue weighted by molar-refractivity contribution is 7.14. The fraction of sp³-hybridized carbons (Fsp3) is 0.235. The Morgan fingerprint density at radius 3 is 2.45 bits per heavy atom. The molecule has 0 saturated heterocycles. The maximum Gasteiger partial charge on any atom is 0.261 e. The molecule has 1 N–H and O–H groups in total. The first-order valence-corrected chi connectivity index (χ1v) is 7.90. The van der Waals surface area contributed by atoms with Gasteiger partial charge in [-0.15, -0.1) is 11.3 Å². The fourth-order valence-corrected chi connectivity index (χ4v) is 2.53. The third-order valence-corrected chi connectivity index (χ3v) is 3.86. The minimum atomic E-state index is -0.420. The number of Topliss-reactive ketones (excluding diaryl/α,β-unsaturated/α-hetero) is 1. The minimum Gasteiger partial charge on any atom is -0.298 e. The van der Waals surface area contributed by atoms with Gasteiger partial charge in [0, 0.05) is 11.3 Å². The molecular weight excluding hydrogens is 296 g/mol. The van der Waals surface area contributed by atoms with Crippen LogP contribution >= 0.6 is 11.3 Å². The highest BCUT2D eigenvalue weighted by Crippen LogP contribution is 2.18. The first kappa shape index (κ1) is 16.1. The van der Waals surface area contributed by atoms with E-state index in [0.29, 0.717) is 5.13 Å². The number of rotatable bonds is 5. The predicted molar refractivity (Wildman–Crippen MR) is 89.7 cm³/mol. The van der Waals surface area contributed by atoms with Crippen molar-refractivity contribution in [1.82, 2.24) is 4.98 Å². The zero-order chi connectivity index (χ0) is 16.1. The van der Waals surface area contributed by atoms with Crippen molar-refractivity contribution in [3.8, 4) is 0 Å². The summed E-state index contributed by atoms with van der Waals surface area (Å²) in [6.07, 6.45) is 1.62. The quantitative estimate of drug-likeness (QED) is 0.520. The normalized spacial score (nSPS) is 11.5. The van der Waals surface area contributed by atoms with Crippen molar-refractivity contribution >= 4 is 34.2 Å². The minimum absolute atomic E-state index is 0.147. The second-order valence-corrected chi connectivity index (χ2v) is 6.09. The molecule has 0 fully saturated rings. The predicted octanol–water partition coefficient (Wildman–Crippen LogP) is 3.70. The lowest BCUT2D eigenvalue weighted by Crippen LogP contribution is -2.23. The lowest BCUT2D eigenvalue weighted by atomic mass is 9.98. The number of hydrogen-bond donors (Lipinski definition) is 1. The number of anilines is 1. The highest BCUT2D eigenvalue weighted by Gasteiger charge is 2.21. The van der Waals surface area contributed by atoms with Gasteiger partial charge in [0.1, 0.15) is 0 Å². The largest absolute Gasteiger partial charge is 0.298 e. The molecule has 0 atom stereocenters. The molecule has 0 aliphatic rings. The van der Waals surface area contributed by atoms with Gasteiger partial charge in [0.2, 0.25) is 0 Å². The van der Waals surface area contributed by atoms with E-state index < -0.39 is 5.91 Å². The molecule has 1 amide bonds. The summed E-state index contributed by atoms with van der Waals surface area (Å²) < 4.78 is 0. The fourth-order valence-electron chi connectivity index (χ4n) is 1.85. The van der Waals surface area contributed by atoms with Crippen LogP contribution in [0.4, 0.5) is 5.13 Å². The molecule has 22 heavy (non-hydrogen) atoms. The van der Waals surface area contributed by atoms with Crippen LogP contribution in [0.5, 0.6) is 0 Å². The maximum atomic E-state index is 12.4. The van der Waals surface area contributed by atoms with E-state index in [9.17, 15) is 9.59 Å². The van der Waals surface area contributed by atoms with Crippen molar-refractivity contribution < 1.29 is 9.59 Å². The van der Waals surface area contributed by atoms with Crippen LogP contribution < -0.4 is 5.32 Å². The highest BCUT2D eigenvalue weighted by atomic mass is 32.1. The zero-order valence-electron chi connectivity index (χ0n) is 12.8. The Hall–Kier alpha value is -2.27. The smallest absolute Gasteiger partial charge is 0.261 e. The summed E-state index contributed by atoms with van der Waals surface area (Å²) in [6.45, 7) is 5.41. The van der Waals surface area contributed by atoms with Gasteiger partial charge in [0.15, 0.2) is 10.9 Å². The van der Waals surface area contributed by atoms with Crippen LogP contribution in [0.3, 0.4) is 0 Å². The van der Waals surface area contributed by atoms with Gasteiger partial charge in [-0.3, -0.25) is 14.9 Å². The molecule has 0 unspecified atom stereocenters. The molecule has 1 aromatic carbocycles. The summed E-state index contributed by atoms with van der Waals surface area (Å²) >= 11 is 1.34. The van der Waals surface area contributed by atoms with Crippen molar-refractivity contribution in [2.24, 2.45) is 5.92 Å². The van der Waals surface area contributed by atoms with Crippen molar-refractivity contribution in [1.29, 1.82) is 0 Å². The van der Waals surface area contributed by atoms with E-state index >= 15 is 0 Å². The van der Waals surface area contributed by atoms with Gasteiger partial charge < -0.3 is 0 Å². The molecule has 0 aliphatic carbocycles. The Bertz CT molecular complexity index is 702. The summed E-state index contributed by atoms with van der Waals surface area (Å²) in [4.78, 5) is 29.0. The van der Waals surface area contributed by atoms with Crippen LogP contribution in [0.25, 0.3) is 6.08 Å². The number of nitrogens with zero attached hydrogens (tertiary/aromatic N) is 1. The Morgan fingerprint density at radius 2 is 1.91 bits per heavy atom. The lowest BCUT2D eigenvalue weighted by molar-refractivity contribution is -0.121.